The number of hydrogen-bond donors (Lipinski definition) is 3. The van der Waals surface area contributed by atoms with Gasteiger partial charge >= 0.3 is 5.97 Å². The summed E-state index contributed by atoms with van der Waals surface area (Å²) in [5.41, 5.74) is -0.649. The van der Waals surface area contributed by atoms with Crippen molar-refractivity contribution in [2.24, 2.45) is 11.8 Å². The fourth-order valence-electron chi connectivity index (χ4n) is 6.07. The van der Waals surface area contributed by atoms with E-state index in [-0.39, 0.29) is 27.0 Å². The molecule has 4 heterocycles. The first-order chi connectivity index (χ1) is 17.5. The number of benzene rings is 2. The van der Waals surface area contributed by atoms with E-state index in [1.807, 2.05) is 0 Å². The zero-order chi connectivity index (χ0) is 26.3. The van der Waals surface area contributed by atoms with Gasteiger partial charge in [0.15, 0.2) is 0 Å². The first kappa shape index (κ1) is 24.0. The molecule has 0 radical (unpaired) electrons. The van der Waals surface area contributed by atoms with E-state index >= 15 is 0 Å². The Kier molecular flexibility index (Phi) is 5.21. The monoisotopic (exact) mass is 547 g/mol. The van der Waals surface area contributed by atoms with Gasteiger partial charge in [-0.2, -0.15) is 0 Å². The second kappa shape index (κ2) is 8.04. The van der Waals surface area contributed by atoms with E-state index in [4.69, 9.17) is 23.2 Å². The Morgan fingerprint density at radius 3 is 2.59 bits per heavy atom. The van der Waals surface area contributed by atoms with Gasteiger partial charge in [0.2, 0.25) is 5.91 Å². The fraction of sp³-hybridized carbons (Fsp3) is 0.292. The second-order valence-electron chi connectivity index (χ2n) is 9.38. The Hall–Kier alpha value is -3.41. The third kappa shape index (κ3) is 3.41. The average molecular weight is 548 g/mol. The number of hydrogen-bond acceptors (Lipinski definition) is 6. The van der Waals surface area contributed by atoms with Crippen LogP contribution in [0, 0.1) is 11.8 Å². The van der Waals surface area contributed by atoms with Gasteiger partial charge in [0, 0.05) is 41.1 Å². The zero-order valence-electron chi connectivity index (χ0n) is 18.7. The number of nitrogens with one attached hydrogen (secondary N) is 2. The van der Waals surface area contributed by atoms with Crippen molar-refractivity contribution in [3.8, 4) is 0 Å². The van der Waals surface area contributed by atoms with Crippen LogP contribution in [0.5, 0.6) is 0 Å². The van der Waals surface area contributed by atoms with E-state index in [2.05, 4.69) is 20.6 Å². The smallest absolute Gasteiger partial charge is 0.310 e. The summed E-state index contributed by atoms with van der Waals surface area (Å²) < 4.78 is 29.6. The van der Waals surface area contributed by atoms with Gasteiger partial charge in [0.1, 0.15) is 11.5 Å². The Morgan fingerprint density at radius 1 is 1.14 bits per heavy atom. The van der Waals surface area contributed by atoms with E-state index in [9.17, 15) is 28.3 Å². The molecule has 2 saturated heterocycles. The standard InChI is InChI=1S/C24H17Cl2F2N5O4/c25-10-5-12-19(13(26)6-10)32-22(37)24(12)18(21(35)36)17(16-8-23(27,28)9-33(16)24)20(34)31-11-1-2-14-15(7-11)30-4-3-29-14/h1-7,16-18H,8-9H2,(H,31,34)(H,32,37)(H,35,36)/t16-,17+,18-,24+/m1/s1. The van der Waals surface area contributed by atoms with Crippen molar-refractivity contribution in [3.05, 3.63) is 58.3 Å². The van der Waals surface area contributed by atoms with Gasteiger partial charge in [0.05, 0.1) is 34.2 Å². The van der Waals surface area contributed by atoms with Crippen molar-refractivity contribution >= 4 is 63.4 Å². The first-order valence-corrected chi connectivity index (χ1v) is 12.0. The SMILES string of the molecule is O=C(Nc1ccc2nccnc2c1)[C@H]1[C@H]2CC(F)(F)CN2[C@]2(C(=O)Nc3c(Cl)cc(Cl)cc32)[C@H]1C(=O)O. The number of alkyl halides is 2. The van der Waals surface area contributed by atoms with Gasteiger partial charge in [-0.3, -0.25) is 29.3 Å². The van der Waals surface area contributed by atoms with E-state index < -0.39 is 60.1 Å². The maximum atomic E-state index is 14.8. The summed E-state index contributed by atoms with van der Waals surface area (Å²) in [6.07, 6.45) is 2.19. The number of carboxylic acids is 1. The van der Waals surface area contributed by atoms with Gasteiger partial charge in [-0.05, 0) is 30.3 Å². The average Bonchev–Trinajstić information content (AvgIpc) is 3.40. The number of rotatable bonds is 3. The molecule has 2 aromatic carbocycles. The third-order valence-electron chi connectivity index (χ3n) is 7.34. The number of halogens is 4. The number of anilines is 2. The molecule has 0 bridgehead atoms. The zero-order valence-corrected chi connectivity index (χ0v) is 20.2. The molecular formula is C24H17Cl2F2N5O4. The topological polar surface area (TPSA) is 125 Å². The molecule has 3 aliphatic heterocycles. The van der Waals surface area contributed by atoms with Crippen LogP contribution in [0.15, 0.2) is 42.7 Å². The minimum Gasteiger partial charge on any atom is -0.481 e. The molecule has 2 fully saturated rings. The minimum atomic E-state index is -3.26. The van der Waals surface area contributed by atoms with Crippen molar-refractivity contribution in [1.29, 1.82) is 0 Å². The van der Waals surface area contributed by atoms with Crippen molar-refractivity contribution < 1.29 is 28.3 Å². The summed E-state index contributed by atoms with van der Waals surface area (Å²) in [5.74, 6) is -9.61. The van der Waals surface area contributed by atoms with Crippen molar-refractivity contribution in [1.82, 2.24) is 14.9 Å². The number of carboxylic acid groups (broad SMARTS) is 1. The van der Waals surface area contributed by atoms with Crippen LogP contribution in [-0.4, -0.2) is 56.3 Å². The van der Waals surface area contributed by atoms with Crippen LogP contribution >= 0.6 is 23.2 Å². The van der Waals surface area contributed by atoms with Gasteiger partial charge in [-0.1, -0.05) is 23.2 Å². The van der Waals surface area contributed by atoms with Gasteiger partial charge in [-0.15, -0.1) is 0 Å². The molecule has 3 aliphatic rings. The summed E-state index contributed by atoms with van der Waals surface area (Å²) in [6, 6.07) is 6.16. The van der Waals surface area contributed by atoms with Crippen LogP contribution in [-0.2, 0) is 19.9 Å². The summed E-state index contributed by atoms with van der Waals surface area (Å²) in [5, 5.41) is 15.7. The first-order valence-electron chi connectivity index (χ1n) is 11.2. The molecule has 3 aromatic rings. The van der Waals surface area contributed by atoms with Crippen LogP contribution in [0.1, 0.15) is 12.0 Å². The van der Waals surface area contributed by atoms with E-state index in [0.717, 1.165) is 4.90 Å². The predicted molar refractivity (Wildman–Crippen MR) is 130 cm³/mol. The molecule has 6 rings (SSSR count). The summed E-state index contributed by atoms with van der Waals surface area (Å²) in [4.78, 5) is 49.4. The summed E-state index contributed by atoms with van der Waals surface area (Å²) >= 11 is 12.5. The Labute approximate surface area is 217 Å². The van der Waals surface area contributed by atoms with E-state index in [1.165, 1.54) is 24.5 Å². The highest BCUT2D eigenvalue weighted by Crippen LogP contribution is 2.61. The van der Waals surface area contributed by atoms with Crippen LogP contribution in [0.4, 0.5) is 20.2 Å². The molecule has 37 heavy (non-hydrogen) atoms. The molecule has 4 atom stereocenters. The van der Waals surface area contributed by atoms with E-state index in [0.29, 0.717) is 11.0 Å². The van der Waals surface area contributed by atoms with Gasteiger partial charge in [-0.25, -0.2) is 8.78 Å². The van der Waals surface area contributed by atoms with Gasteiger partial charge < -0.3 is 15.7 Å². The molecule has 13 heteroatoms. The predicted octanol–water partition coefficient (Wildman–Crippen LogP) is 3.76. The highest BCUT2D eigenvalue weighted by molar-refractivity contribution is 6.38. The highest BCUT2D eigenvalue weighted by atomic mass is 35.5. The van der Waals surface area contributed by atoms with Crippen molar-refractivity contribution in [3.63, 3.8) is 0 Å². The number of fused-ring (bicyclic) bond motifs is 5. The molecule has 1 spiro atoms. The lowest BCUT2D eigenvalue weighted by Gasteiger charge is -2.35. The molecule has 1 aromatic heterocycles. The fourth-order valence-corrected chi connectivity index (χ4v) is 6.61. The Morgan fingerprint density at radius 2 is 1.86 bits per heavy atom. The molecule has 0 unspecified atom stereocenters. The van der Waals surface area contributed by atoms with Crippen molar-refractivity contribution in [2.75, 3.05) is 17.2 Å². The largest absolute Gasteiger partial charge is 0.481 e. The lowest BCUT2D eigenvalue weighted by atomic mass is 9.73. The van der Waals surface area contributed by atoms with Crippen LogP contribution in [0.25, 0.3) is 11.0 Å². The normalized spacial score (nSPS) is 27.8. The summed E-state index contributed by atoms with van der Waals surface area (Å²) in [6.45, 7) is -0.909. The number of aliphatic carboxylic acids is 1. The van der Waals surface area contributed by atoms with Crippen LogP contribution < -0.4 is 10.6 Å². The van der Waals surface area contributed by atoms with Crippen LogP contribution in [0.3, 0.4) is 0 Å². The lowest BCUT2D eigenvalue weighted by Crippen LogP contribution is -2.54. The Bertz CT molecular complexity index is 1520. The summed E-state index contributed by atoms with van der Waals surface area (Å²) in [7, 11) is 0. The van der Waals surface area contributed by atoms with Gasteiger partial charge in [0.25, 0.3) is 11.8 Å². The Balaban J connectivity index is 1.49. The quantitative estimate of drug-likeness (QED) is 0.455. The van der Waals surface area contributed by atoms with E-state index in [1.54, 1.807) is 18.2 Å². The molecule has 0 aliphatic carbocycles. The maximum absolute atomic E-state index is 14.8. The number of carbonyl (C=O) groups is 3. The number of nitrogens with zero attached hydrogens (tertiary/aromatic N) is 3. The highest BCUT2D eigenvalue weighted by Gasteiger charge is 2.74. The molecule has 190 valence electrons. The van der Waals surface area contributed by atoms with Crippen LogP contribution in [0.2, 0.25) is 10.0 Å². The minimum absolute atomic E-state index is 0.0320. The lowest BCUT2D eigenvalue weighted by molar-refractivity contribution is -0.153. The maximum Gasteiger partial charge on any atom is 0.310 e. The third-order valence-corrected chi connectivity index (χ3v) is 7.86. The molecular weight excluding hydrogens is 531 g/mol. The number of carbonyl (C=O) groups excluding carboxylic acids is 2. The number of amides is 2. The number of aromatic nitrogens is 2. The van der Waals surface area contributed by atoms with Crippen molar-refractivity contribution in [2.45, 2.75) is 23.9 Å². The molecule has 0 saturated carbocycles. The second-order valence-corrected chi connectivity index (χ2v) is 10.2. The molecule has 3 N–H and O–H groups in total. The molecule has 2 amide bonds. The molecule has 9 nitrogen and oxygen atoms in total.